The van der Waals surface area contributed by atoms with Crippen molar-refractivity contribution in [1.82, 2.24) is 24.7 Å². The molecule has 7 heteroatoms. The van der Waals surface area contributed by atoms with Gasteiger partial charge in [0.2, 0.25) is 0 Å². The van der Waals surface area contributed by atoms with Gasteiger partial charge < -0.3 is 5.32 Å². The molecule has 0 bridgehead atoms. The lowest BCUT2D eigenvalue weighted by atomic mass is 9.91. The van der Waals surface area contributed by atoms with E-state index in [9.17, 15) is 4.79 Å². The highest BCUT2D eigenvalue weighted by Crippen LogP contribution is 2.29. The van der Waals surface area contributed by atoms with Gasteiger partial charge in [0.15, 0.2) is 5.65 Å². The molecule has 0 unspecified atom stereocenters. The summed E-state index contributed by atoms with van der Waals surface area (Å²) in [5.41, 5.74) is 0.689. The Bertz CT molecular complexity index is 945. The van der Waals surface area contributed by atoms with Crippen LogP contribution in [0.4, 0.5) is 5.82 Å². The lowest BCUT2D eigenvalue weighted by molar-refractivity contribution is 0.303. The van der Waals surface area contributed by atoms with Crippen LogP contribution in [0.25, 0.3) is 11.0 Å². The van der Waals surface area contributed by atoms with Gasteiger partial charge in [-0.2, -0.15) is 5.10 Å². The second-order valence-corrected chi connectivity index (χ2v) is 6.45. The molecule has 0 aliphatic heterocycles. The third kappa shape index (κ3) is 3.22. The molecule has 0 radical (unpaired) electrons. The number of nitrogens with zero attached hydrogens (tertiary/aromatic N) is 5. The number of hydrogen-bond acceptors (Lipinski definition) is 6. The summed E-state index contributed by atoms with van der Waals surface area (Å²) in [7, 11) is 0. The molecule has 7 nitrogen and oxygen atoms in total. The van der Waals surface area contributed by atoms with Crippen molar-refractivity contribution in [2.24, 2.45) is 0 Å². The van der Waals surface area contributed by atoms with Gasteiger partial charge in [-0.15, -0.1) is 0 Å². The Balaban J connectivity index is 1.49. The van der Waals surface area contributed by atoms with Crippen LogP contribution in [-0.4, -0.2) is 30.8 Å². The molecular formula is C18H20N6O. The van der Waals surface area contributed by atoms with Crippen LogP contribution in [-0.2, 0) is 0 Å². The molecule has 4 rings (SSSR count). The first-order chi connectivity index (χ1) is 12.2. The van der Waals surface area contributed by atoms with Crippen molar-refractivity contribution in [3.05, 3.63) is 52.8 Å². The van der Waals surface area contributed by atoms with Gasteiger partial charge in [0.05, 0.1) is 11.4 Å². The van der Waals surface area contributed by atoms with Crippen molar-refractivity contribution in [3.63, 3.8) is 0 Å². The Labute approximate surface area is 145 Å². The van der Waals surface area contributed by atoms with Crippen LogP contribution >= 0.6 is 0 Å². The summed E-state index contributed by atoms with van der Waals surface area (Å²) >= 11 is 0. The Morgan fingerprint density at radius 2 is 1.88 bits per heavy atom. The van der Waals surface area contributed by atoms with E-state index >= 15 is 0 Å². The maximum Gasteiger partial charge on any atom is 0.266 e. The average molecular weight is 336 g/mol. The van der Waals surface area contributed by atoms with Crippen LogP contribution in [0.1, 0.15) is 37.5 Å². The Kier molecular flexibility index (Phi) is 4.13. The van der Waals surface area contributed by atoms with E-state index in [1.165, 1.54) is 0 Å². The van der Waals surface area contributed by atoms with E-state index in [1.807, 2.05) is 19.1 Å². The molecule has 0 amide bonds. The largest absolute Gasteiger partial charge is 0.367 e. The third-order valence-electron chi connectivity index (χ3n) is 4.71. The highest BCUT2D eigenvalue weighted by Gasteiger charge is 2.24. The normalized spacial score (nSPS) is 20.5. The van der Waals surface area contributed by atoms with Crippen molar-refractivity contribution < 1.29 is 0 Å². The monoisotopic (exact) mass is 336 g/mol. The fourth-order valence-electron chi connectivity index (χ4n) is 3.48. The smallest absolute Gasteiger partial charge is 0.266 e. The fourth-order valence-corrected chi connectivity index (χ4v) is 3.48. The number of nitrogens with one attached hydrogen (secondary N) is 1. The Hall–Kier alpha value is -2.83. The van der Waals surface area contributed by atoms with E-state index < -0.39 is 0 Å². The molecule has 0 atom stereocenters. The number of anilines is 1. The highest BCUT2D eigenvalue weighted by atomic mass is 16.1. The molecule has 3 heterocycles. The van der Waals surface area contributed by atoms with Crippen molar-refractivity contribution in [2.75, 3.05) is 5.32 Å². The first kappa shape index (κ1) is 15.7. The highest BCUT2D eigenvalue weighted by molar-refractivity contribution is 5.86. The van der Waals surface area contributed by atoms with Crippen molar-refractivity contribution in [1.29, 1.82) is 0 Å². The number of aryl methyl sites for hydroxylation is 1. The zero-order valence-corrected chi connectivity index (χ0v) is 14.1. The van der Waals surface area contributed by atoms with Gasteiger partial charge in [-0.3, -0.25) is 4.79 Å². The van der Waals surface area contributed by atoms with Crippen molar-refractivity contribution in [3.8, 4) is 0 Å². The molecule has 25 heavy (non-hydrogen) atoms. The summed E-state index contributed by atoms with van der Waals surface area (Å²) in [5, 5.41) is 8.71. The average Bonchev–Trinajstić information content (AvgIpc) is 2.63. The van der Waals surface area contributed by atoms with E-state index in [0.717, 1.165) is 36.9 Å². The lowest BCUT2D eigenvalue weighted by Gasteiger charge is -2.30. The predicted molar refractivity (Wildman–Crippen MR) is 95.5 cm³/mol. The topological polar surface area (TPSA) is 85.6 Å². The van der Waals surface area contributed by atoms with Gasteiger partial charge in [-0.25, -0.2) is 19.6 Å². The molecule has 1 N–H and O–H groups in total. The molecule has 3 aromatic rings. The molecule has 128 valence electrons. The van der Waals surface area contributed by atoms with Gasteiger partial charge in [0, 0.05) is 24.5 Å². The van der Waals surface area contributed by atoms with Crippen molar-refractivity contribution >= 4 is 16.9 Å². The van der Waals surface area contributed by atoms with Crippen LogP contribution in [0, 0.1) is 6.92 Å². The second-order valence-electron chi connectivity index (χ2n) is 6.45. The minimum absolute atomic E-state index is 0.0256. The van der Waals surface area contributed by atoms with Gasteiger partial charge in [0.1, 0.15) is 11.6 Å². The summed E-state index contributed by atoms with van der Waals surface area (Å²) in [5.74, 6) is 1.55. The minimum Gasteiger partial charge on any atom is -0.367 e. The quantitative estimate of drug-likeness (QED) is 0.791. The Morgan fingerprint density at radius 3 is 2.68 bits per heavy atom. The molecule has 1 fully saturated rings. The standard InChI is InChI=1S/C18H20N6O/c1-12-21-17-15(4-2-10-19-17)18(22-12)23-13-6-8-14(9-7-13)24-16(25)5-3-11-20-24/h2-5,10-11,13-14H,6-9H2,1H3,(H,19,21,22,23). The minimum atomic E-state index is -0.0256. The van der Waals surface area contributed by atoms with Gasteiger partial charge in [0.25, 0.3) is 5.56 Å². The zero-order chi connectivity index (χ0) is 17.2. The maximum atomic E-state index is 11.9. The number of aromatic nitrogens is 5. The number of rotatable bonds is 3. The lowest BCUT2D eigenvalue weighted by Crippen LogP contribution is -2.33. The zero-order valence-electron chi connectivity index (χ0n) is 14.1. The third-order valence-corrected chi connectivity index (χ3v) is 4.71. The maximum absolute atomic E-state index is 11.9. The molecular weight excluding hydrogens is 316 g/mol. The molecule has 1 aliphatic carbocycles. The first-order valence-corrected chi connectivity index (χ1v) is 8.60. The molecule has 1 aliphatic rings. The van der Waals surface area contributed by atoms with E-state index in [1.54, 1.807) is 29.2 Å². The second kappa shape index (κ2) is 6.58. The van der Waals surface area contributed by atoms with Crippen LogP contribution in [0.3, 0.4) is 0 Å². The van der Waals surface area contributed by atoms with Crippen LogP contribution in [0.15, 0.2) is 41.5 Å². The SMILES string of the molecule is Cc1nc(NC2CCC(n3ncccc3=O)CC2)c2cccnc2n1. The van der Waals surface area contributed by atoms with Gasteiger partial charge in [-0.05, 0) is 50.8 Å². The predicted octanol–water partition coefficient (Wildman–Crippen LogP) is 2.49. The molecule has 3 aromatic heterocycles. The summed E-state index contributed by atoms with van der Waals surface area (Å²) in [6.07, 6.45) is 7.21. The summed E-state index contributed by atoms with van der Waals surface area (Å²) < 4.78 is 1.62. The van der Waals surface area contributed by atoms with Crippen LogP contribution in [0.2, 0.25) is 0 Å². The number of pyridine rings is 1. The van der Waals surface area contributed by atoms with Crippen molar-refractivity contribution in [2.45, 2.75) is 44.7 Å². The van der Waals surface area contributed by atoms with E-state index in [4.69, 9.17) is 0 Å². The summed E-state index contributed by atoms with van der Waals surface area (Å²) in [6.45, 7) is 1.88. The molecule has 0 spiro atoms. The fraction of sp³-hybridized carbons (Fsp3) is 0.389. The Morgan fingerprint density at radius 1 is 1.08 bits per heavy atom. The van der Waals surface area contributed by atoms with Crippen LogP contribution < -0.4 is 10.9 Å². The summed E-state index contributed by atoms with van der Waals surface area (Å²) in [6, 6.07) is 7.65. The van der Waals surface area contributed by atoms with E-state index in [0.29, 0.717) is 17.5 Å². The van der Waals surface area contributed by atoms with E-state index in [-0.39, 0.29) is 11.6 Å². The number of fused-ring (bicyclic) bond motifs is 1. The van der Waals surface area contributed by atoms with Gasteiger partial charge in [-0.1, -0.05) is 0 Å². The summed E-state index contributed by atoms with van der Waals surface area (Å²) in [4.78, 5) is 25.2. The number of hydrogen-bond donors (Lipinski definition) is 1. The van der Waals surface area contributed by atoms with Crippen LogP contribution in [0.5, 0.6) is 0 Å². The van der Waals surface area contributed by atoms with E-state index in [2.05, 4.69) is 25.4 Å². The molecule has 0 saturated heterocycles. The molecule has 1 saturated carbocycles. The van der Waals surface area contributed by atoms with Gasteiger partial charge >= 0.3 is 0 Å². The molecule has 0 aromatic carbocycles. The first-order valence-electron chi connectivity index (χ1n) is 8.60.